The third kappa shape index (κ3) is 3.35. The van der Waals surface area contributed by atoms with Crippen molar-refractivity contribution in [1.82, 2.24) is 0 Å². The van der Waals surface area contributed by atoms with E-state index in [1.807, 2.05) is 36.4 Å². The van der Waals surface area contributed by atoms with Crippen molar-refractivity contribution < 1.29 is 21.2 Å². The van der Waals surface area contributed by atoms with Gasteiger partial charge in [-0.05, 0) is 0 Å². The van der Waals surface area contributed by atoms with Crippen LogP contribution in [0, 0.1) is 3.57 Å². The number of hydrogen-bond donors (Lipinski definition) is 0. The van der Waals surface area contributed by atoms with Crippen molar-refractivity contribution in [2.24, 2.45) is 0 Å². The molecule has 2 rings (SSSR count). The Morgan fingerprint density at radius 2 is 1.44 bits per heavy atom. The van der Waals surface area contributed by atoms with E-state index in [0.29, 0.717) is 0 Å². The summed E-state index contributed by atoms with van der Waals surface area (Å²) in [4.78, 5) is 0. The fraction of sp³-hybridized carbons (Fsp3) is 0. The molecule has 0 aliphatic heterocycles. The molecule has 0 N–H and O–H groups in total. The molecule has 0 atom stereocenters. The first-order valence-corrected chi connectivity index (χ1v) is 7.66. The SMILES string of the molecule is Cl/C(=C\[I-]c1ccccc1)c1ccccc1. The standard InChI is InChI=1S/C14H11ClI/c15-14(12-7-3-1-4-8-12)11-16-13-9-5-2-6-10-13/h1-11H/q-1/b14-11-. The van der Waals surface area contributed by atoms with Gasteiger partial charge in [-0.3, -0.25) is 0 Å². The Labute approximate surface area is 111 Å². The molecule has 2 aromatic carbocycles. The summed E-state index contributed by atoms with van der Waals surface area (Å²) in [5.41, 5.74) is 1.10. The van der Waals surface area contributed by atoms with Crippen LogP contribution < -0.4 is 21.2 Å². The van der Waals surface area contributed by atoms with E-state index in [0.717, 1.165) is 10.6 Å². The summed E-state index contributed by atoms with van der Waals surface area (Å²) >= 11 is 6.11. The molecule has 0 aliphatic carbocycles. The molecule has 82 valence electrons. The summed E-state index contributed by atoms with van der Waals surface area (Å²) in [7, 11) is 0. The van der Waals surface area contributed by atoms with Crippen molar-refractivity contribution in [2.45, 2.75) is 0 Å². The van der Waals surface area contributed by atoms with Crippen molar-refractivity contribution in [3.8, 4) is 0 Å². The molecular weight excluding hydrogens is 331 g/mol. The zero-order chi connectivity index (χ0) is 11.2. The van der Waals surface area contributed by atoms with Gasteiger partial charge in [0.2, 0.25) is 0 Å². The van der Waals surface area contributed by atoms with Crippen LogP contribution in [0.5, 0.6) is 0 Å². The Hall–Kier alpha value is -0.800. The molecule has 0 aliphatic rings. The van der Waals surface area contributed by atoms with Crippen LogP contribution in [0.25, 0.3) is 5.03 Å². The van der Waals surface area contributed by atoms with Gasteiger partial charge in [-0.1, -0.05) is 0 Å². The maximum atomic E-state index is 6.24. The molecule has 0 unspecified atom stereocenters. The summed E-state index contributed by atoms with van der Waals surface area (Å²) in [6.07, 6.45) is 0. The molecule has 0 saturated carbocycles. The van der Waals surface area contributed by atoms with Gasteiger partial charge in [0.1, 0.15) is 0 Å². The molecule has 2 heteroatoms. The molecule has 16 heavy (non-hydrogen) atoms. The Balaban J connectivity index is 2.09. The number of rotatable bonds is 3. The van der Waals surface area contributed by atoms with E-state index >= 15 is 0 Å². The van der Waals surface area contributed by atoms with Gasteiger partial charge in [0, 0.05) is 0 Å². The van der Waals surface area contributed by atoms with Crippen molar-refractivity contribution in [3.05, 3.63) is 73.9 Å². The van der Waals surface area contributed by atoms with Gasteiger partial charge in [-0.15, -0.1) is 0 Å². The Bertz CT molecular complexity index is 463. The van der Waals surface area contributed by atoms with Crippen LogP contribution in [0.2, 0.25) is 0 Å². The summed E-state index contributed by atoms with van der Waals surface area (Å²) in [5.74, 6) is 0. The van der Waals surface area contributed by atoms with E-state index in [2.05, 4.69) is 28.3 Å². The van der Waals surface area contributed by atoms with Crippen LogP contribution in [0.15, 0.2) is 64.7 Å². The van der Waals surface area contributed by atoms with Gasteiger partial charge in [-0.25, -0.2) is 0 Å². The van der Waals surface area contributed by atoms with Crippen molar-refractivity contribution in [2.75, 3.05) is 0 Å². The van der Waals surface area contributed by atoms with Crippen molar-refractivity contribution in [3.63, 3.8) is 0 Å². The van der Waals surface area contributed by atoms with Crippen LogP contribution >= 0.6 is 11.6 Å². The van der Waals surface area contributed by atoms with Crippen molar-refractivity contribution in [1.29, 1.82) is 0 Å². The fourth-order valence-corrected chi connectivity index (χ4v) is 3.48. The first-order chi connectivity index (χ1) is 7.86. The van der Waals surface area contributed by atoms with Crippen LogP contribution in [-0.2, 0) is 0 Å². The molecule has 0 saturated heterocycles. The summed E-state index contributed by atoms with van der Waals surface area (Å²) in [5, 5.41) is 0.859. The molecule has 0 aromatic heterocycles. The van der Waals surface area contributed by atoms with Crippen molar-refractivity contribution >= 4 is 16.6 Å². The third-order valence-electron chi connectivity index (χ3n) is 2.06. The Morgan fingerprint density at radius 3 is 2.06 bits per heavy atom. The molecule has 0 fully saturated rings. The number of halogens is 2. The van der Waals surface area contributed by atoms with E-state index < -0.39 is 0 Å². The molecule has 0 radical (unpaired) electrons. The summed E-state index contributed by atoms with van der Waals surface area (Å²) < 4.78 is 3.54. The second-order valence-electron chi connectivity index (χ2n) is 3.23. The molecular formula is C14H11ClI-. The normalized spacial score (nSPS) is 11.7. The monoisotopic (exact) mass is 341 g/mol. The molecule has 0 bridgehead atoms. The second kappa shape index (κ2) is 6.06. The van der Waals surface area contributed by atoms with E-state index in [9.17, 15) is 0 Å². The van der Waals surface area contributed by atoms with Gasteiger partial charge in [0.25, 0.3) is 0 Å². The maximum absolute atomic E-state index is 6.24. The van der Waals surface area contributed by atoms with Crippen LogP contribution in [0.1, 0.15) is 5.56 Å². The first kappa shape index (κ1) is 11.7. The third-order valence-corrected chi connectivity index (χ3v) is 5.13. The average Bonchev–Trinajstić information content (AvgIpc) is 2.38. The summed E-state index contributed by atoms with van der Waals surface area (Å²) in [6, 6.07) is 20.6. The molecule has 2 aromatic rings. The number of benzene rings is 2. The van der Waals surface area contributed by atoms with E-state index in [-0.39, 0.29) is 21.2 Å². The van der Waals surface area contributed by atoms with Crippen LogP contribution in [0.4, 0.5) is 0 Å². The minimum atomic E-state index is -0.133. The van der Waals surface area contributed by atoms with Crippen LogP contribution in [0.3, 0.4) is 0 Å². The minimum absolute atomic E-state index is 0.133. The first-order valence-electron chi connectivity index (χ1n) is 4.96. The predicted octanol–water partition coefficient (Wildman–Crippen LogP) is 1.18. The van der Waals surface area contributed by atoms with Gasteiger partial charge >= 0.3 is 112 Å². The Morgan fingerprint density at radius 1 is 0.875 bits per heavy atom. The number of hydrogen-bond acceptors (Lipinski definition) is 0. The molecule has 0 spiro atoms. The van der Waals surface area contributed by atoms with Gasteiger partial charge in [0.05, 0.1) is 0 Å². The quantitative estimate of drug-likeness (QED) is 0.736. The zero-order valence-corrected chi connectivity index (χ0v) is 11.5. The van der Waals surface area contributed by atoms with E-state index in [4.69, 9.17) is 11.6 Å². The van der Waals surface area contributed by atoms with Gasteiger partial charge < -0.3 is 0 Å². The average molecular weight is 342 g/mol. The topological polar surface area (TPSA) is 0 Å². The molecule has 0 heterocycles. The second-order valence-corrected chi connectivity index (χ2v) is 6.13. The molecule has 0 nitrogen and oxygen atoms in total. The van der Waals surface area contributed by atoms with Crippen LogP contribution in [-0.4, -0.2) is 0 Å². The molecule has 0 amide bonds. The van der Waals surface area contributed by atoms with E-state index in [1.165, 1.54) is 3.57 Å². The Kier molecular flexibility index (Phi) is 4.43. The van der Waals surface area contributed by atoms with E-state index in [1.54, 1.807) is 0 Å². The fourth-order valence-electron chi connectivity index (χ4n) is 1.26. The van der Waals surface area contributed by atoms with Gasteiger partial charge in [0.15, 0.2) is 0 Å². The zero-order valence-electron chi connectivity index (χ0n) is 8.61. The van der Waals surface area contributed by atoms with Gasteiger partial charge in [-0.2, -0.15) is 0 Å². The summed E-state index contributed by atoms with van der Waals surface area (Å²) in [6.45, 7) is 0. The predicted molar refractivity (Wildman–Crippen MR) is 65.4 cm³/mol.